The number of nitrogens with zero attached hydrogens (tertiary/aromatic N) is 3. The summed E-state index contributed by atoms with van der Waals surface area (Å²) < 4.78 is 0. The van der Waals surface area contributed by atoms with Crippen LogP contribution in [0.1, 0.15) is 42.5 Å². The number of anilines is 1. The van der Waals surface area contributed by atoms with E-state index in [0.717, 1.165) is 40.8 Å². The number of hydrogen-bond acceptors (Lipinski definition) is 5. The van der Waals surface area contributed by atoms with Gasteiger partial charge in [0.05, 0.1) is 17.2 Å². The molecule has 2 rings (SSSR count). The minimum absolute atomic E-state index is 0.0748. The molecule has 0 saturated carbocycles. The Kier molecular flexibility index (Phi) is 5.70. The molecule has 0 aliphatic heterocycles. The summed E-state index contributed by atoms with van der Waals surface area (Å²) in [5.74, 6) is 0.390. The molecule has 0 aliphatic carbocycles. The number of aliphatic hydroxyl groups excluding tert-OH is 1. The first-order chi connectivity index (χ1) is 10.2. The summed E-state index contributed by atoms with van der Waals surface area (Å²) in [6, 6.07) is 5.98. The third kappa shape index (κ3) is 4.02. The zero-order valence-corrected chi connectivity index (χ0v) is 13.7. The largest absolute Gasteiger partial charge is 0.391 e. The molecule has 1 atom stereocenters. The van der Waals surface area contributed by atoms with Crippen molar-refractivity contribution >= 4 is 16.5 Å². The van der Waals surface area contributed by atoms with Crippen molar-refractivity contribution in [2.24, 2.45) is 0 Å². The number of aliphatic hydroxyl groups is 1. The van der Waals surface area contributed by atoms with Crippen LogP contribution in [-0.4, -0.2) is 28.7 Å². The number of aromatic nitrogens is 2. The number of pyridine rings is 1. The molecule has 0 aromatic carbocycles. The minimum atomic E-state index is 0.0748. The summed E-state index contributed by atoms with van der Waals surface area (Å²) in [4.78, 5) is 12.2. The maximum absolute atomic E-state index is 9.51. The van der Waals surface area contributed by atoms with Crippen LogP contribution in [0.3, 0.4) is 0 Å². The zero-order valence-electron chi connectivity index (χ0n) is 12.9. The van der Waals surface area contributed by atoms with E-state index in [4.69, 9.17) is 4.98 Å². The lowest BCUT2D eigenvalue weighted by Gasteiger charge is -2.15. The van der Waals surface area contributed by atoms with Crippen molar-refractivity contribution in [3.8, 4) is 0 Å². The first-order valence-electron chi connectivity index (χ1n) is 7.37. The highest BCUT2D eigenvalue weighted by Gasteiger charge is 2.17. The van der Waals surface area contributed by atoms with Gasteiger partial charge in [0.1, 0.15) is 0 Å². The molecule has 0 radical (unpaired) electrons. The summed E-state index contributed by atoms with van der Waals surface area (Å²) in [5.41, 5.74) is 2.13. The van der Waals surface area contributed by atoms with E-state index in [1.165, 1.54) is 0 Å². The van der Waals surface area contributed by atoms with Crippen LogP contribution in [-0.2, 0) is 13.0 Å². The van der Waals surface area contributed by atoms with E-state index < -0.39 is 0 Å². The van der Waals surface area contributed by atoms with Crippen molar-refractivity contribution < 1.29 is 5.11 Å². The molecule has 21 heavy (non-hydrogen) atoms. The monoisotopic (exact) mass is 305 g/mol. The fourth-order valence-corrected chi connectivity index (χ4v) is 3.16. The molecular formula is C16H23N3OS. The molecule has 5 heteroatoms. The lowest BCUT2D eigenvalue weighted by molar-refractivity contribution is 0.283. The zero-order chi connectivity index (χ0) is 15.2. The average Bonchev–Trinajstić information content (AvgIpc) is 2.97. The second-order valence-corrected chi connectivity index (χ2v) is 6.33. The third-order valence-electron chi connectivity index (χ3n) is 3.70. The van der Waals surface area contributed by atoms with Gasteiger partial charge in [-0.3, -0.25) is 4.98 Å². The molecule has 2 heterocycles. The number of thiazole rings is 1. The van der Waals surface area contributed by atoms with Crippen LogP contribution in [0.2, 0.25) is 0 Å². The van der Waals surface area contributed by atoms with Gasteiger partial charge in [-0.05, 0) is 24.5 Å². The van der Waals surface area contributed by atoms with Gasteiger partial charge < -0.3 is 10.0 Å². The van der Waals surface area contributed by atoms with E-state index in [2.05, 4.69) is 23.7 Å². The summed E-state index contributed by atoms with van der Waals surface area (Å²) in [7, 11) is 2.04. The van der Waals surface area contributed by atoms with E-state index in [-0.39, 0.29) is 6.61 Å². The van der Waals surface area contributed by atoms with Crippen molar-refractivity contribution in [3.05, 3.63) is 40.7 Å². The van der Waals surface area contributed by atoms with E-state index in [1.807, 2.05) is 31.4 Å². The van der Waals surface area contributed by atoms with Crippen molar-refractivity contribution in [3.63, 3.8) is 0 Å². The van der Waals surface area contributed by atoms with Gasteiger partial charge in [-0.1, -0.05) is 31.3 Å². The first kappa shape index (κ1) is 15.9. The molecule has 0 spiro atoms. The Balaban J connectivity index is 2.05. The van der Waals surface area contributed by atoms with Gasteiger partial charge in [0, 0.05) is 31.9 Å². The fraction of sp³-hybridized carbons (Fsp3) is 0.500. The predicted octanol–water partition coefficient (Wildman–Crippen LogP) is 3.22. The van der Waals surface area contributed by atoms with E-state index >= 15 is 0 Å². The van der Waals surface area contributed by atoms with Crippen LogP contribution in [0, 0.1) is 0 Å². The minimum Gasteiger partial charge on any atom is -0.391 e. The van der Waals surface area contributed by atoms with Crippen molar-refractivity contribution in [1.29, 1.82) is 0 Å². The van der Waals surface area contributed by atoms with Crippen LogP contribution in [0.5, 0.6) is 0 Å². The molecule has 0 aliphatic rings. The molecule has 0 fully saturated rings. The van der Waals surface area contributed by atoms with E-state index in [9.17, 15) is 5.11 Å². The second-order valence-electron chi connectivity index (χ2n) is 5.26. The Labute approximate surface area is 130 Å². The van der Waals surface area contributed by atoms with Gasteiger partial charge in [-0.2, -0.15) is 0 Å². The number of rotatable bonds is 7. The van der Waals surface area contributed by atoms with Crippen LogP contribution < -0.4 is 4.90 Å². The number of likely N-dealkylation sites (N-methyl/N-ethyl adjacent to an activating group) is 1. The highest BCUT2D eigenvalue weighted by molar-refractivity contribution is 7.15. The SMILES string of the molecule is CCC(C)c1nc(N(C)CCc2ccccn2)sc1CO. The topological polar surface area (TPSA) is 49.2 Å². The van der Waals surface area contributed by atoms with Crippen molar-refractivity contribution in [2.45, 2.75) is 39.2 Å². The second kappa shape index (κ2) is 7.52. The van der Waals surface area contributed by atoms with Crippen LogP contribution in [0.25, 0.3) is 0 Å². The normalized spacial score (nSPS) is 12.4. The summed E-state index contributed by atoms with van der Waals surface area (Å²) in [6.45, 7) is 5.25. The van der Waals surface area contributed by atoms with Crippen molar-refractivity contribution in [2.75, 3.05) is 18.5 Å². The van der Waals surface area contributed by atoms with Gasteiger partial charge in [0.2, 0.25) is 0 Å². The quantitative estimate of drug-likeness (QED) is 0.853. The Hall–Kier alpha value is -1.46. The molecule has 2 aromatic rings. The molecule has 2 aromatic heterocycles. The molecule has 0 bridgehead atoms. The third-order valence-corrected chi connectivity index (χ3v) is 4.87. The van der Waals surface area contributed by atoms with Gasteiger partial charge >= 0.3 is 0 Å². The lowest BCUT2D eigenvalue weighted by atomic mass is 10.0. The Morgan fingerprint density at radius 1 is 1.38 bits per heavy atom. The first-order valence-corrected chi connectivity index (χ1v) is 8.18. The highest BCUT2D eigenvalue weighted by Crippen LogP contribution is 2.31. The Morgan fingerprint density at radius 2 is 2.19 bits per heavy atom. The maximum Gasteiger partial charge on any atom is 0.185 e. The highest BCUT2D eigenvalue weighted by atomic mass is 32.1. The molecule has 0 saturated heterocycles. The molecule has 4 nitrogen and oxygen atoms in total. The fourth-order valence-electron chi connectivity index (χ4n) is 2.13. The Morgan fingerprint density at radius 3 is 2.81 bits per heavy atom. The van der Waals surface area contributed by atoms with Crippen molar-refractivity contribution in [1.82, 2.24) is 9.97 Å². The summed E-state index contributed by atoms with van der Waals surface area (Å²) in [5, 5.41) is 10.5. The molecule has 1 unspecified atom stereocenters. The standard InChI is InChI=1S/C16H23N3OS/c1-4-12(2)15-14(11-20)21-16(18-15)19(3)10-8-13-7-5-6-9-17-13/h5-7,9,12,20H,4,8,10-11H2,1-3H3. The Bertz CT molecular complexity index is 556. The van der Waals surface area contributed by atoms with Gasteiger partial charge in [-0.15, -0.1) is 0 Å². The predicted molar refractivity (Wildman–Crippen MR) is 88.0 cm³/mol. The number of hydrogen-bond donors (Lipinski definition) is 1. The van der Waals surface area contributed by atoms with Gasteiger partial charge in [-0.25, -0.2) is 4.98 Å². The van der Waals surface area contributed by atoms with Crippen LogP contribution in [0.15, 0.2) is 24.4 Å². The molecule has 114 valence electrons. The van der Waals surface area contributed by atoms with Gasteiger partial charge in [0.15, 0.2) is 5.13 Å². The van der Waals surface area contributed by atoms with Crippen LogP contribution in [0.4, 0.5) is 5.13 Å². The molecule has 0 amide bonds. The smallest absolute Gasteiger partial charge is 0.185 e. The van der Waals surface area contributed by atoms with E-state index in [0.29, 0.717) is 5.92 Å². The average molecular weight is 305 g/mol. The molecular weight excluding hydrogens is 282 g/mol. The van der Waals surface area contributed by atoms with Crippen LogP contribution >= 0.6 is 11.3 Å². The summed E-state index contributed by atoms with van der Waals surface area (Å²) in [6.07, 6.45) is 3.75. The lowest BCUT2D eigenvalue weighted by Crippen LogP contribution is -2.20. The van der Waals surface area contributed by atoms with E-state index in [1.54, 1.807) is 11.3 Å². The summed E-state index contributed by atoms with van der Waals surface area (Å²) >= 11 is 1.59. The van der Waals surface area contributed by atoms with Gasteiger partial charge in [0.25, 0.3) is 0 Å². The molecule has 1 N–H and O–H groups in total. The maximum atomic E-state index is 9.51.